The van der Waals surface area contributed by atoms with E-state index in [1.165, 1.54) is 0 Å². The molecule has 1 aliphatic rings. The monoisotopic (exact) mass is 285 g/mol. The maximum absolute atomic E-state index is 6.08. The van der Waals surface area contributed by atoms with Crippen LogP contribution in [0.25, 0.3) is 0 Å². The van der Waals surface area contributed by atoms with Crippen molar-refractivity contribution in [2.75, 3.05) is 20.3 Å². The van der Waals surface area contributed by atoms with Gasteiger partial charge in [-0.05, 0) is 18.1 Å². The van der Waals surface area contributed by atoms with Gasteiger partial charge in [-0.3, -0.25) is 0 Å². The molecule has 1 aromatic carbocycles. The van der Waals surface area contributed by atoms with Gasteiger partial charge in [0.2, 0.25) is 0 Å². The molecule has 4 nitrogen and oxygen atoms in total. The van der Waals surface area contributed by atoms with E-state index in [4.69, 9.17) is 31.5 Å². The molecule has 0 aromatic heterocycles. The van der Waals surface area contributed by atoms with Crippen LogP contribution in [0.5, 0.6) is 0 Å². The van der Waals surface area contributed by atoms with Gasteiger partial charge in [0.25, 0.3) is 0 Å². The number of benzene rings is 1. The van der Waals surface area contributed by atoms with Crippen molar-refractivity contribution in [2.45, 2.75) is 31.3 Å². The van der Waals surface area contributed by atoms with Crippen LogP contribution in [0.2, 0.25) is 5.02 Å². The summed E-state index contributed by atoms with van der Waals surface area (Å²) in [6.45, 7) is 1.60. The first kappa shape index (κ1) is 14.8. The largest absolute Gasteiger partial charge is 0.382 e. The van der Waals surface area contributed by atoms with E-state index in [0.717, 1.165) is 17.0 Å². The Bertz CT molecular complexity index is 402. The number of hydrogen-bond acceptors (Lipinski definition) is 4. The van der Waals surface area contributed by atoms with E-state index in [1.807, 2.05) is 24.3 Å². The van der Waals surface area contributed by atoms with Gasteiger partial charge >= 0.3 is 0 Å². The summed E-state index contributed by atoms with van der Waals surface area (Å²) in [5.74, 6) is 0. The minimum absolute atomic E-state index is 0.0439. The number of nitrogens with two attached hydrogens (primary N) is 1. The Kier molecular flexibility index (Phi) is 5.60. The zero-order chi connectivity index (χ0) is 13.7. The predicted octanol–water partition coefficient (Wildman–Crippen LogP) is 1.99. The lowest BCUT2D eigenvalue weighted by Gasteiger charge is -2.41. The normalized spacial score (nSPS) is 26.2. The second-order valence-corrected chi connectivity index (χ2v) is 5.08. The molecule has 1 aliphatic carbocycles. The zero-order valence-corrected chi connectivity index (χ0v) is 11.8. The van der Waals surface area contributed by atoms with Crippen molar-refractivity contribution in [3.05, 3.63) is 34.9 Å². The molecule has 3 atom stereocenters. The van der Waals surface area contributed by atoms with Gasteiger partial charge in [-0.1, -0.05) is 29.8 Å². The first-order chi connectivity index (χ1) is 9.22. The Hall–Kier alpha value is -0.650. The third kappa shape index (κ3) is 3.91. The van der Waals surface area contributed by atoms with Crippen LogP contribution in [0.4, 0.5) is 0 Å². The van der Waals surface area contributed by atoms with Crippen molar-refractivity contribution in [2.24, 2.45) is 5.73 Å². The molecule has 1 fully saturated rings. The first-order valence-electron chi connectivity index (χ1n) is 6.43. The summed E-state index contributed by atoms with van der Waals surface area (Å²) in [7, 11) is 1.65. The molecule has 2 rings (SSSR count). The average molecular weight is 286 g/mol. The lowest BCUT2D eigenvalue weighted by atomic mass is 9.86. The summed E-state index contributed by atoms with van der Waals surface area (Å²) in [6, 6.07) is 7.72. The summed E-state index contributed by atoms with van der Waals surface area (Å²) in [5.41, 5.74) is 6.91. The minimum atomic E-state index is -0.0439. The Morgan fingerprint density at radius 2 is 2.05 bits per heavy atom. The number of methoxy groups -OCH3 is 1. The standard InChI is InChI=1S/C14H20ClNO3/c1-17-6-7-18-14-12(16)8-13(14)19-9-10-4-2-3-5-11(10)15/h2-5,12-14H,6-9,16H2,1H3. The average Bonchev–Trinajstić information content (AvgIpc) is 2.41. The second kappa shape index (κ2) is 7.22. The lowest BCUT2D eigenvalue weighted by molar-refractivity contribution is -0.149. The smallest absolute Gasteiger partial charge is 0.0989 e. The van der Waals surface area contributed by atoms with Crippen LogP contribution in [0.1, 0.15) is 12.0 Å². The third-order valence-corrected chi connectivity index (χ3v) is 3.67. The quantitative estimate of drug-likeness (QED) is 0.779. The topological polar surface area (TPSA) is 53.7 Å². The van der Waals surface area contributed by atoms with E-state index in [-0.39, 0.29) is 18.2 Å². The molecule has 0 spiro atoms. The van der Waals surface area contributed by atoms with E-state index >= 15 is 0 Å². The van der Waals surface area contributed by atoms with Crippen molar-refractivity contribution in [3.63, 3.8) is 0 Å². The van der Waals surface area contributed by atoms with Crippen LogP contribution in [0, 0.1) is 0 Å². The van der Waals surface area contributed by atoms with Crippen LogP contribution < -0.4 is 5.73 Å². The molecule has 0 amide bonds. The van der Waals surface area contributed by atoms with Crippen LogP contribution in [-0.2, 0) is 20.8 Å². The van der Waals surface area contributed by atoms with Crippen molar-refractivity contribution in [1.29, 1.82) is 0 Å². The van der Waals surface area contributed by atoms with Gasteiger partial charge in [0.1, 0.15) is 0 Å². The van der Waals surface area contributed by atoms with Gasteiger partial charge in [0, 0.05) is 18.2 Å². The van der Waals surface area contributed by atoms with E-state index in [1.54, 1.807) is 7.11 Å². The highest BCUT2D eigenvalue weighted by molar-refractivity contribution is 6.31. The van der Waals surface area contributed by atoms with Gasteiger partial charge in [0.05, 0.1) is 32.0 Å². The summed E-state index contributed by atoms with van der Waals surface area (Å²) in [4.78, 5) is 0. The molecule has 3 unspecified atom stereocenters. The van der Waals surface area contributed by atoms with Gasteiger partial charge in [0.15, 0.2) is 0 Å². The number of hydrogen-bond donors (Lipinski definition) is 1. The maximum Gasteiger partial charge on any atom is 0.0989 e. The first-order valence-corrected chi connectivity index (χ1v) is 6.81. The summed E-state index contributed by atoms with van der Waals surface area (Å²) >= 11 is 6.08. The van der Waals surface area contributed by atoms with Crippen molar-refractivity contribution in [1.82, 2.24) is 0 Å². The molecule has 1 aromatic rings. The molecule has 0 heterocycles. The van der Waals surface area contributed by atoms with Crippen molar-refractivity contribution < 1.29 is 14.2 Å². The molecular formula is C14H20ClNO3. The van der Waals surface area contributed by atoms with Gasteiger partial charge in [-0.2, -0.15) is 0 Å². The number of ether oxygens (including phenoxy) is 3. The molecule has 0 aliphatic heterocycles. The molecule has 19 heavy (non-hydrogen) atoms. The molecule has 2 N–H and O–H groups in total. The number of rotatable bonds is 7. The predicted molar refractivity (Wildman–Crippen MR) is 74.2 cm³/mol. The van der Waals surface area contributed by atoms with Crippen LogP contribution in [0.3, 0.4) is 0 Å². The number of halogens is 1. The summed E-state index contributed by atoms with van der Waals surface area (Å²) in [6.07, 6.45) is 0.822. The second-order valence-electron chi connectivity index (χ2n) is 4.67. The maximum atomic E-state index is 6.08. The van der Waals surface area contributed by atoms with Crippen molar-refractivity contribution >= 4 is 11.6 Å². The van der Waals surface area contributed by atoms with E-state index in [0.29, 0.717) is 19.8 Å². The summed E-state index contributed by atoms with van der Waals surface area (Å²) < 4.78 is 16.4. The highest BCUT2D eigenvalue weighted by Gasteiger charge is 2.40. The fourth-order valence-corrected chi connectivity index (χ4v) is 2.28. The third-order valence-electron chi connectivity index (χ3n) is 3.30. The van der Waals surface area contributed by atoms with Gasteiger partial charge < -0.3 is 19.9 Å². The molecule has 0 saturated heterocycles. The molecule has 1 saturated carbocycles. The van der Waals surface area contributed by atoms with Crippen molar-refractivity contribution in [3.8, 4) is 0 Å². The summed E-state index contributed by atoms with van der Waals surface area (Å²) in [5, 5.41) is 0.725. The van der Waals surface area contributed by atoms with Crippen LogP contribution in [-0.4, -0.2) is 38.6 Å². The fraction of sp³-hybridized carbons (Fsp3) is 0.571. The fourth-order valence-electron chi connectivity index (χ4n) is 2.09. The highest BCUT2D eigenvalue weighted by Crippen LogP contribution is 2.27. The van der Waals surface area contributed by atoms with E-state index < -0.39 is 0 Å². The van der Waals surface area contributed by atoms with E-state index in [2.05, 4.69) is 0 Å². The molecule has 106 valence electrons. The van der Waals surface area contributed by atoms with Gasteiger partial charge in [-0.15, -0.1) is 0 Å². The van der Waals surface area contributed by atoms with Crippen LogP contribution in [0.15, 0.2) is 24.3 Å². The van der Waals surface area contributed by atoms with E-state index in [9.17, 15) is 0 Å². The zero-order valence-electron chi connectivity index (χ0n) is 11.0. The lowest BCUT2D eigenvalue weighted by Crippen LogP contribution is -2.58. The Morgan fingerprint density at radius 3 is 2.74 bits per heavy atom. The van der Waals surface area contributed by atoms with Gasteiger partial charge in [-0.25, -0.2) is 0 Å². The molecule has 0 radical (unpaired) electrons. The highest BCUT2D eigenvalue weighted by atomic mass is 35.5. The Morgan fingerprint density at radius 1 is 1.26 bits per heavy atom. The SMILES string of the molecule is COCCOC1C(N)CC1OCc1ccccc1Cl. The molecule has 5 heteroatoms. The molecule has 0 bridgehead atoms. The minimum Gasteiger partial charge on any atom is -0.382 e. The Balaban J connectivity index is 1.78. The Labute approximate surface area is 118 Å². The van der Waals surface area contributed by atoms with Crippen LogP contribution >= 0.6 is 11.6 Å². The molecular weight excluding hydrogens is 266 g/mol.